The third kappa shape index (κ3) is 3.06. The molecule has 3 aromatic rings. The van der Waals surface area contributed by atoms with Crippen LogP contribution in [0.5, 0.6) is 5.75 Å². The Balaban J connectivity index is 1.82. The highest BCUT2D eigenvalue weighted by Gasteiger charge is 2.14. The topological polar surface area (TPSA) is 65.2 Å². The molecule has 0 spiro atoms. The summed E-state index contributed by atoms with van der Waals surface area (Å²) in [6, 6.07) is 10.9. The predicted octanol–water partition coefficient (Wildman–Crippen LogP) is 4.19. The first-order valence-electron chi connectivity index (χ1n) is 7.65. The van der Waals surface area contributed by atoms with Crippen molar-refractivity contribution in [1.29, 1.82) is 0 Å². The van der Waals surface area contributed by atoms with E-state index in [1.807, 2.05) is 32.9 Å². The van der Waals surface area contributed by atoms with E-state index >= 15 is 0 Å². The number of esters is 1. The van der Waals surface area contributed by atoms with Crippen molar-refractivity contribution in [3.05, 3.63) is 64.5 Å². The van der Waals surface area contributed by atoms with Gasteiger partial charge in [-0.2, -0.15) is 4.98 Å². The number of hydrogen-bond acceptors (Lipinski definition) is 5. The molecule has 0 aliphatic carbocycles. The van der Waals surface area contributed by atoms with Crippen molar-refractivity contribution in [1.82, 2.24) is 10.1 Å². The van der Waals surface area contributed by atoms with Gasteiger partial charge in [-0.15, -0.1) is 0 Å². The van der Waals surface area contributed by atoms with Gasteiger partial charge in [-0.05, 0) is 68.7 Å². The van der Waals surface area contributed by atoms with Gasteiger partial charge >= 0.3 is 5.97 Å². The van der Waals surface area contributed by atoms with Crippen LogP contribution in [-0.2, 0) is 0 Å². The number of ether oxygens (including phenoxy) is 1. The summed E-state index contributed by atoms with van der Waals surface area (Å²) in [7, 11) is 0. The Morgan fingerprint density at radius 2 is 1.62 bits per heavy atom. The SMILES string of the molecule is Cc1noc(-c2ccc(C(=O)Oc3c(C)ccc(C)c3C)cc2)n1. The summed E-state index contributed by atoms with van der Waals surface area (Å²) in [6.45, 7) is 7.63. The molecule has 2 aromatic carbocycles. The molecular formula is C19H18N2O3. The molecular weight excluding hydrogens is 304 g/mol. The number of carbonyl (C=O) groups excluding carboxylic acids is 1. The average molecular weight is 322 g/mol. The van der Waals surface area contributed by atoms with Crippen LogP contribution in [0.15, 0.2) is 40.9 Å². The molecule has 1 aromatic heterocycles. The summed E-state index contributed by atoms with van der Waals surface area (Å²) in [6.07, 6.45) is 0. The van der Waals surface area contributed by atoms with Crippen LogP contribution in [0.1, 0.15) is 32.9 Å². The maximum Gasteiger partial charge on any atom is 0.343 e. The molecule has 0 atom stereocenters. The lowest BCUT2D eigenvalue weighted by Gasteiger charge is -2.12. The van der Waals surface area contributed by atoms with E-state index in [4.69, 9.17) is 9.26 Å². The molecule has 0 unspecified atom stereocenters. The second-order valence-electron chi connectivity index (χ2n) is 5.77. The van der Waals surface area contributed by atoms with Crippen LogP contribution in [0.25, 0.3) is 11.5 Å². The van der Waals surface area contributed by atoms with Crippen LogP contribution in [0, 0.1) is 27.7 Å². The highest BCUT2D eigenvalue weighted by molar-refractivity contribution is 5.91. The molecule has 0 N–H and O–H groups in total. The number of nitrogens with zero attached hydrogens (tertiary/aromatic N) is 2. The summed E-state index contributed by atoms with van der Waals surface area (Å²) < 4.78 is 10.7. The highest BCUT2D eigenvalue weighted by atomic mass is 16.5. The lowest BCUT2D eigenvalue weighted by atomic mass is 10.1. The van der Waals surface area contributed by atoms with Crippen molar-refractivity contribution < 1.29 is 14.1 Å². The van der Waals surface area contributed by atoms with Gasteiger partial charge in [0, 0.05) is 5.56 Å². The van der Waals surface area contributed by atoms with Gasteiger partial charge in [-0.1, -0.05) is 17.3 Å². The van der Waals surface area contributed by atoms with Crippen molar-refractivity contribution in [2.45, 2.75) is 27.7 Å². The number of hydrogen-bond donors (Lipinski definition) is 0. The monoisotopic (exact) mass is 322 g/mol. The van der Waals surface area contributed by atoms with Crippen LogP contribution in [0.3, 0.4) is 0 Å². The van der Waals surface area contributed by atoms with Crippen molar-refractivity contribution in [2.75, 3.05) is 0 Å². The minimum Gasteiger partial charge on any atom is -0.422 e. The van der Waals surface area contributed by atoms with E-state index in [9.17, 15) is 4.79 Å². The third-order valence-electron chi connectivity index (χ3n) is 3.96. The van der Waals surface area contributed by atoms with Crippen molar-refractivity contribution in [3.8, 4) is 17.2 Å². The first kappa shape index (κ1) is 15.9. The Kier molecular flexibility index (Phi) is 4.16. The molecule has 0 saturated heterocycles. The zero-order chi connectivity index (χ0) is 17.3. The van der Waals surface area contributed by atoms with Crippen molar-refractivity contribution in [3.63, 3.8) is 0 Å². The van der Waals surface area contributed by atoms with Gasteiger partial charge in [0.15, 0.2) is 5.82 Å². The summed E-state index contributed by atoms with van der Waals surface area (Å²) >= 11 is 0. The molecule has 0 amide bonds. The smallest absolute Gasteiger partial charge is 0.343 e. The Morgan fingerprint density at radius 3 is 2.25 bits per heavy atom. The number of aromatic nitrogens is 2. The second-order valence-corrected chi connectivity index (χ2v) is 5.77. The van der Waals surface area contributed by atoms with E-state index in [2.05, 4.69) is 10.1 Å². The third-order valence-corrected chi connectivity index (χ3v) is 3.96. The maximum atomic E-state index is 12.4. The summed E-state index contributed by atoms with van der Waals surface area (Å²) in [5.74, 6) is 1.23. The largest absolute Gasteiger partial charge is 0.422 e. The predicted molar refractivity (Wildman–Crippen MR) is 90.1 cm³/mol. The Bertz CT molecular complexity index is 895. The minimum atomic E-state index is -0.389. The molecule has 0 aliphatic rings. The van der Waals surface area contributed by atoms with E-state index in [0.717, 1.165) is 22.3 Å². The number of benzene rings is 2. The maximum absolute atomic E-state index is 12.4. The van der Waals surface area contributed by atoms with Crippen molar-refractivity contribution >= 4 is 5.97 Å². The molecule has 0 bridgehead atoms. The number of aryl methyl sites for hydroxylation is 3. The molecule has 5 nitrogen and oxygen atoms in total. The van der Waals surface area contributed by atoms with Gasteiger partial charge in [0.25, 0.3) is 5.89 Å². The number of rotatable bonds is 3. The first-order valence-corrected chi connectivity index (χ1v) is 7.65. The molecule has 5 heteroatoms. The molecule has 0 radical (unpaired) electrons. The van der Waals surface area contributed by atoms with Gasteiger partial charge < -0.3 is 9.26 Å². The van der Waals surface area contributed by atoms with E-state index in [-0.39, 0.29) is 5.97 Å². The Morgan fingerprint density at radius 1 is 0.958 bits per heavy atom. The average Bonchev–Trinajstić information content (AvgIpc) is 3.01. The van der Waals surface area contributed by atoms with Crippen molar-refractivity contribution in [2.24, 2.45) is 0 Å². The van der Waals surface area contributed by atoms with Gasteiger partial charge in [0.1, 0.15) is 5.75 Å². The second kappa shape index (κ2) is 6.28. The fraction of sp³-hybridized carbons (Fsp3) is 0.211. The summed E-state index contributed by atoms with van der Waals surface area (Å²) in [5.41, 5.74) is 4.22. The first-order chi connectivity index (χ1) is 11.5. The Hall–Kier alpha value is -2.95. The summed E-state index contributed by atoms with van der Waals surface area (Å²) in [4.78, 5) is 16.6. The normalized spacial score (nSPS) is 10.7. The molecule has 24 heavy (non-hydrogen) atoms. The molecule has 0 aliphatic heterocycles. The van der Waals surface area contributed by atoms with Crippen LogP contribution < -0.4 is 4.74 Å². The van der Waals surface area contributed by atoms with E-state index in [1.54, 1.807) is 31.2 Å². The van der Waals surface area contributed by atoms with Crippen LogP contribution in [0.4, 0.5) is 0 Å². The van der Waals surface area contributed by atoms with E-state index in [1.165, 1.54) is 0 Å². The van der Waals surface area contributed by atoms with Gasteiger partial charge in [-0.25, -0.2) is 4.79 Å². The van der Waals surface area contributed by atoms with Gasteiger partial charge in [0.05, 0.1) is 5.56 Å². The van der Waals surface area contributed by atoms with Crippen LogP contribution >= 0.6 is 0 Å². The lowest BCUT2D eigenvalue weighted by molar-refractivity contribution is 0.0732. The van der Waals surface area contributed by atoms with E-state index in [0.29, 0.717) is 23.0 Å². The molecule has 122 valence electrons. The fourth-order valence-corrected chi connectivity index (χ4v) is 2.40. The molecule has 1 heterocycles. The summed E-state index contributed by atoms with van der Waals surface area (Å²) in [5, 5.41) is 3.76. The molecule has 3 rings (SSSR count). The zero-order valence-corrected chi connectivity index (χ0v) is 14.1. The molecule has 0 fully saturated rings. The Labute approximate surface area is 140 Å². The van der Waals surface area contributed by atoms with Crippen LogP contribution in [-0.4, -0.2) is 16.1 Å². The number of carbonyl (C=O) groups is 1. The lowest BCUT2D eigenvalue weighted by Crippen LogP contribution is -2.10. The molecule has 0 saturated carbocycles. The quantitative estimate of drug-likeness (QED) is 0.534. The van der Waals surface area contributed by atoms with Gasteiger partial charge in [0.2, 0.25) is 0 Å². The zero-order valence-electron chi connectivity index (χ0n) is 14.1. The van der Waals surface area contributed by atoms with E-state index < -0.39 is 0 Å². The minimum absolute atomic E-state index is 0.389. The standard InChI is InChI=1S/C19H18N2O3/c1-11-5-6-12(2)17(13(11)3)23-19(22)16-9-7-15(8-10-16)18-20-14(4)21-24-18/h5-10H,1-4H3. The van der Waals surface area contributed by atoms with Crippen LogP contribution in [0.2, 0.25) is 0 Å². The van der Waals surface area contributed by atoms with Gasteiger partial charge in [-0.3, -0.25) is 0 Å². The fourth-order valence-electron chi connectivity index (χ4n) is 2.40. The highest BCUT2D eigenvalue weighted by Crippen LogP contribution is 2.27.